The lowest BCUT2D eigenvalue weighted by atomic mass is 10.1. The Bertz CT molecular complexity index is 686. The normalized spacial score (nSPS) is 10.1. The van der Waals surface area contributed by atoms with Crippen LogP contribution in [0.1, 0.15) is 15.9 Å². The first-order valence-corrected chi connectivity index (χ1v) is 6.18. The lowest BCUT2D eigenvalue weighted by Crippen LogP contribution is -2.13. The van der Waals surface area contributed by atoms with E-state index < -0.39 is 4.92 Å². The molecule has 0 saturated carbocycles. The van der Waals surface area contributed by atoms with E-state index in [9.17, 15) is 14.9 Å². The summed E-state index contributed by atoms with van der Waals surface area (Å²) < 4.78 is 0. The quantitative estimate of drug-likeness (QED) is 0.690. The first kappa shape index (κ1) is 14.0. The van der Waals surface area contributed by atoms with Crippen LogP contribution in [0.2, 0.25) is 5.02 Å². The fourth-order valence-electron chi connectivity index (χ4n) is 1.77. The summed E-state index contributed by atoms with van der Waals surface area (Å²) in [5.74, 6) is -0.356. The summed E-state index contributed by atoms with van der Waals surface area (Å²) in [5.41, 5.74) is 1.35. The zero-order valence-corrected chi connectivity index (χ0v) is 11.3. The van der Waals surface area contributed by atoms with Crippen molar-refractivity contribution in [3.05, 3.63) is 68.7 Å². The smallest absolute Gasteiger partial charge is 0.269 e. The van der Waals surface area contributed by atoms with Gasteiger partial charge in [0.05, 0.1) is 15.6 Å². The van der Waals surface area contributed by atoms with Crippen LogP contribution in [0.3, 0.4) is 0 Å². The summed E-state index contributed by atoms with van der Waals surface area (Å²) in [4.78, 5) is 22.3. The highest BCUT2D eigenvalue weighted by atomic mass is 35.5. The highest BCUT2D eigenvalue weighted by Gasteiger charge is 2.14. The van der Waals surface area contributed by atoms with Gasteiger partial charge in [0.1, 0.15) is 0 Å². The van der Waals surface area contributed by atoms with Crippen LogP contribution in [0.4, 0.5) is 11.4 Å². The van der Waals surface area contributed by atoms with Gasteiger partial charge in [-0.3, -0.25) is 14.9 Å². The van der Waals surface area contributed by atoms with Crippen LogP contribution in [0.15, 0.2) is 42.5 Å². The molecule has 0 atom stereocenters. The molecule has 0 radical (unpaired) electrons. The summed E-state index contributed by atoms with van der Waals surface area (Å²) in [5, 5.41) is 13.8. The van der Waals surface area contributed by atoms with Crippen molar-refractivity contribution in [3.8, 4) is 0 Å². The van der Waals surface area contributed by atoms with Crippen LogP contribution in [-0.4, -0.2) is 10.8 Å². The Kier molecular flexibility index (Phi) is 4.00. The molecule has 5 nitrogen and oxygen atoms in total. The van der Waals surface area contributed by atoms with E-state index in [1.54, 1.807) is 31.2 Å². The van der Waals surface area contributed by atoms with Gasteiger partial charge in [0.25, 0.3) is 11.6 Å². The number of para-hydroxylation sites is 1. The van der Waals surface area contributed by atoms with Gasteiger partial charge in [-0.2, -0.15) is 0 Å². The second-order valence-electron chi connectivity index (χ2n) is 4.19. The molecule has 1 amide bonds. The number of carbonyl (C=O) groups is 1. The lowest BCUT2D eigenvalue weighted by Gasteiger charge is -2.08. The molecule has 0 aliphatic heterocycles. The molecule has 0 aliphatic carbocycles. The van der Waals surface area contributed by atoms with Crippen molar-refractivity contribution < 1.29 is 9.72 Å². The molecule has 2 aromatic carbocycles. The molecule has 0 bridgehead atoms. The predicted molar refractivity (Wildman–Crippen MR) is 77.2 cm³/mol. The van der Waals surface area contributed by atoms with E-state index in [4.69, 9.17) is 11.6 Å². The van der Waals surface area contributed by atoms with Gasteiger partial charge in [-0.1, -0.05) is 23.7 Å². The van der Waals surface area contributed by atoms with E-state index in [0.29, 0.717) is 21.8 Å². The zero-order valence-electron chi connectivity index (χ0n) is 10.6. The summed E-state index contributed by atoms with van der Waals surface area (Å²) in [6.07, 6.45) is 0. The van der Waals surface area contributed by atoms with E-state index in [-0.39, 0.29) is 11.6 Å². The van der Waals surface area contributed by atoms with Crippen LogP contribution in [0, 0.1) is 17.0 Å². The van der Waals surface area contributed by atoms with Gasteiger partial charge in [0.2, 0.25) is 0 Å². The number of benzene rings is 2. The number of amides is 1. The third-order valence-electron chi connectivity index (χ3n) is 2.79. The van der Waals surface area contributed by atoms with E-state index in [1.165, 1.54) is 18.2 Å². The number of nitrogens with one attached hydrogen (secondary N) is 1. The Morgan fingerprint density at radius 3 is 2.55 bits per heavy atom. The minimum Gasteiger partial charge on any atom is -0.321 e. The molecule has 0 spiro atoms. The predicted octanol–water partition coefficient (Wildman–Crippen LogP) is 3.81. The molecular weight excluding hydrogens is 280 g/mol. The van der Waals surface area contributed by atoms with Crippen LogP contribution in [0.5, 0.6) is 0 Å². The van der Waals surface area contributed by atoms with Crippen molar-refractivity contribution in [2.24, 2.45) is 0 Å². The Hall–Kier alpha value is -2.40. The molecule has 0 aromatic heterocycles. The SMILES string of the molecule is Cc1cc([N+](=O)[O-])ccc1C(=O)Nc1ccccc1Cl. The molecule has 102 valence electrons. The summed E-state index contributed by atoms with van der Waals surface area (Å²) >= 11 is 5.96. The molecule has 0 saturated heterocycles. The molecule has 2 rings (SSSR count). The Balaban J connectivity index is 2.26. The number of nitrogens with zero attached hydrogens (tertiary/aromatic N) is 1. The molecule has 0 heterocycles. The summed E-state index contributed by atoms with van der Waals surface area (Å²) in [6.45, 7) is 1.65. The number of halogens is 1. The standard InChI is InChI=1S/C14H11ClN2O3/c1-9-8-10(17(19)20)6-7-11(9)14(18)16-13-5-3-2-4-12(13)15/h2-8H,1H3,(H,16,18). The molecular formula is C14H11ClN2O3. The van der Waals surface area contributed by atoms with Crippen molar-refractivity contribution in [1.82, 2.24) is 0 Å². The van der Waals surface area contributed by atoms with Gasteiger partial charge >= 0.3 is 0 Å². The average Bonchev–Trinajstić information content (AvgIpc) is 2.41. The van der Waals surface area contributed by atoms with Crippen LogP contribution < -0.4 is 5.32 Å². The topological polar surface area (TPSA) is 72.2 Å². The number of nitro benzene ring substituents is 1. The molecule has 0 fully saturated rings. The number of rotatable bonds is 3. The largest absolute Gasteiger partial charge is 0.321 e. The van der Waals surface area contributed by atoms with Crippen molar-refractivity contribution in [1.29, 1.82) is 0 Å². The fourth-order valence-corrected chi connectivity index (χ4v) is 1.95. The minimum atomic E-state index is -0.497. The first-order valence-electron chi connectivity index (χ1n) is 5.80. The summed E-state index contributed by atoms with van der Waals surface area (Å²) in [7, 11) is 0. The maximum absolute atomic E-state index is 12.1. The van der Waals surface area contributed by atoms with Crippen molar-refractivity contribution in [2.45, 2.75) is 6.92 Å². The number of aryl methyl sites for hydroxylation is 1. The Morgan fingerprint density at radius 2 is 1.95 bits per heavy atom. The van der Waals surface area contributed by atoms with Crippen molar-refractivity contribution >= 4 is 28.9 Å². The molecule has 20 heavy (non-hydrogen) atoms. The first-order chi connectivity index (χ1) is 9.49. The zero-order chi connectivity index (χ0) is 14.7. The third-order valence-corrected chi connectivity index (χ3v) is 3.12. The second kappa shape index (κ2) is 5.71. The molecule has 0 unspecified atom stereocenters. The number of anilines is 1. The maximum Gasteiger partial charge on any atom is 0.269 e. The molecule has 2 aromatic rings. The highest BCUT2D eigenvalue weighted by molar-refractivity contribution is 6.33. The van der Waals surface area contributed by atoms with Gasteiger partial charge in [-0.25, -0.2) is 0 Å². The minimum absolute atomic E-state index is 0.0446. The van der Waals surface area contributed by atoms with Crippen LogP contribution >= 0.6 is 11.6 Å². The maximum atomic E-state index is 12.1. The number of hydrogen-bond donors (Lipinski definition) is 1. The molecule has 1 N–H and O–H groups in total. The van der Waals surface area contributed by atoms with Gasteiger partial charge in [-0.05, 0) is 30.7 Å². The highest BCUT2D eigenvalue weighted by Crippen LogP contribution is 2.23. The van der Waals surface area contributed by atoms with E-state index in [1.807, 2.05) is 0 Å². The van der Waals surface area contributed by atoms with Crippen LogP contribution in [-0.2, 0) is 0 Å². The third kappa shape index (κ3) is 2.95. The van der Waals surface area contributed by atoms with E-state index in [0.717, 1.165) is 0 Å². The Labute approximate surface area is 120 Å². The average molecular weight is 291 g/mol. The van der Waals surface area contributed by atoms with Crippen molar-refractivity contribution in [2.75, 3.05) is 5.32 Å². The molecule has 0 aliphatic rings. The summed E-state index contributed by atoms with van der Waals surface area (Å²) in [6, 6.07) is 11.0. The Morgan fingerprint density at radius 1 is 1.25 bits per heavy atom. The fraction of sp³-hybridized carbons (Fsp3) is 0.0714. The monoisotopic (exact) mass is 290 g/mol. The van der Waals surface area contributed by atoms with E-state index >= 15 is 0 Å². The number of nitro groups is 1. The number of non-ortho nitro benzene ring substituents is 1. The van der Waals surface area contributed by atoms with Gasteiger partial charge < -0.3 is 5.32 Å². The van der Waals surface area contributed by atoms with Gasteiger partial charge in [0, 0.05) is 17.7 Å². The van der Waals surface area contributed by atoms with Crippen molar-refractivity contribution in [3.63, 3.8) is 0 Å². The lowest BCUT2D eigenvalue weighted by molar-refractivity contribution is -0.384. The van der Waals surface area contributed by atoms with Crippen LogP contribution in [0.25, 0.3) is 0 Å². The van der Waals surface area contributed by atoms with Gasteiger partial charge in [-0.15, -0.1) is 0 Å². The van der Waals surface area contributed by atoms with E-state index in [2.05, 4.69) is 5.32 Å². The van der Waals surface area contributed by atoms with Gasteiger partial charge in [0.15, 0.2) is 0 Å². The molecule has 6 heteroatoms. The number of hydrogen-bond acceptors (Lipinski definition) is 3. The second-order valence-corrected chi connectivity index (χ2v) is 4.60. The number of carbonyl (C=O) groups excluding carboxylic acids is 1.